The fourth-order valence-corrected chi connectivity index (χ4v) is 8.76. The van der Waals surface area contributed by atoms with Crippen LogP contribution in [0.3, 0.4) is 0 Å². The van der Waals surface area contributed by atoms with Gasteiger partial charge in [-0.3, -0.25) is 4.98 Å². The van der Waals surface area contributed by atoms with Crippen LogP contribution in [0, 0.1) is 0 Å². The molecule has 10 nitrogen and oxygen atoms in total. The van der Waals surface area contributed by atoms with Crippen molar-refractivity contribution in [3.05, 3.63) is 66.6 Å². The molecule has 12 heteroatoms. The van der Waals surface area contributed by atoms with E-state index in [0.29, 0.717) is 26.7 Å². The fraction of sp³-hybridized carbons (Fsp3) is 0.561. The van der Waals surface area contributed by atoms with Crippen LogP contribution in [0.2, 0.25) is 51.4 Å². The number of anilines is 1. The van der Waals surface area contributed by atoms with Crippen LogP contribution in [0.1, 0.15) is 58.1 Å². The van der Waals surface area contributed by atoms with Crippen molar-refractivity contribution in [3.8, 4) is 22.4 Å². The third-order valence-corrected chi connectivity index (χ3v) is 13.6. The molecule has 0 N–H and O–H groups in total. The highest BCUT2D eigenvalue weighted by Gasteiger charge is 2.45. The maximum atomic E-state index is 13.3. The number of piperidine rings is 1. The highest BCUT2D eigenvalue weighted by atomic mass is 28.3. The predicted octanol–water partition coefficient (Wildman–Crippen LogP) is 9.53. The molecule has 2 saturated heterocycles. The minimum Gasteiger partial charge on any atom is -0.444 e. The van der Waals surface area contributed by atoms with Crippen LogP contribution in [0.4, 0.5) is 10.6 Å². The average Bonchev–Trinajstić information content (AvgIpc) is 3.63. The first-order chi connectivity index (χ1) is 25.0. The van der Waals surface area contributed by atoms with E-state index in [-0.39, 0.29) is 24.1 Å². The summed E-state index contributed by atoms with van der Waals surface area (Å²) in [5.74, 6) is 1.08. The lowest BCUT2D eigenvalue weighted by Crippen LogP contribution is -2.48. The van der Waals surface area contributed by atoms with Crippen LogP contribution >= 0.6 is 0 Å². The first-order valence-electron chi connectivity index (χ1n) is 19.4. The number of hydrogen-bond donors (Lipinski definition) is 0. The molecule has 1 amide bonds. The topological polar surface area (TPSA) is 94.3 Å². The molecule has 4 aromatic rings. The number of amides is 1. The molecule has 0 aliphatic carbocycles. The van der Waals surface area contributed by atoms with Gasteiger partial charge in [0.05, 0.1) is 11.9 Å². The van der Waals surface area contributed by atoms with Crippen LogP contribution in [0.5, 0.6) is 0 Å². The molecular weight excluding hydrogens is 697 g/mol. The number of hydrogen-bond acceptors (Lipinski definition) is 8. The zero-order valence-electron chi connectivity index (χ0n) is 33.4. The van der Waals surface area contributed by atoms with Gasteiger partial charge in [0, 0.05) is 82.0 Å². The molecular formula is C41H60N6O4Si2. The lowest BCUT2D eigenvalue weighted by atomic mass is 9.88. The Hall–Kier alpha value is -3.59. The van der Waals surface area contributed by atoms with Crippen LogP contribution in [0.25, 0.3) is 28.0 Å². The standard InChI is InChI=1S/C41H60N6O4Si2/c1-41(2,3)51-40(48)46-33-16-17-34(46)24-32(23-33)37-25-38(45(28-49-19-21-52(4,5)6)29-50-20-22-53(7,8)9)47-39(44-37)35(27-43-47)31-15-18-36(42-26-31)30-13-11-10-12-14-30/h10-15,18,25-27,32-34H,16-17,19-24,28-29H2,1-9H3/t32?,33-,34?/m1/s1. The third kappa shape index (κ3) is 10.1. The molecule has 3 aromatic heterocycles. The largest absolute Gasteiger partial charge is 0.444 e. The first-order valence-corrected chi connectivity index (χ1v) is 26.8. The Bertz CT molecular complexity index is 1800. The number of benzene rings is 1. The molecule has 286 valence electrons. The Labute approximate surface area is 318 Å². The van der Waals surface area contributed by atoms with Gasteiger partial charge in [-0.2, -0.15) is 9.61 Å². The van der Waals surface area contributed by atoms with Crippen molar-refractivity contribution in [1.29, 1.82) is 0 Å². The highest BCUT2D eigenvalue weighted by Crippen LogP contribution is 2.44. The van der Waals surface area contributed by atoms with Crippen molar-refractivity contribution >= 4 is 33.7 Å². The second kappa shape index (κ2) is 16.0. The molecule has 6 rings (SSSR count). The van der Waals surface area contributed by atoms with E-state index in [1.54, 1.807) is 0 Å². The van der Waals surface area contributed by atoms with E-state index in [4.69, 9.17) is 29.3 Å². The molecule has 0 spiro atoms. The van der Waals surface area contributed by atoms with E-state index in [1.807, 2.05) is 60.8 Å². The van der Waals surface area contributed by atoms with Gasteiger partial charge in [-0.1, -0.05) is 75.7 Å². The Morgan fingerprint density at radius 3 is 2.02 bits per heavy atom. The van der Waals surface area contributed by atoms with Gasteiger partial charge >= 0.3 is 6.09 Å². The summed E-state index contributed by atoms with van der Waals surface area (Å²) in [5.41, 5.74) is 5.14. The lowest BCUT2D eigenvalue weighted by molar-refractivity contribution is 0.00569. The molecule has 0 saturated carbocycles. The zero-order valence-corrected chi connectivity index (χ0v) is 35.4. The minimum atomic E-state index is -1.27. The molecule has 1 aromatic carbocycles. The number of pyridine rings is 1. The van der Waals surface area contributed by atoms with Gasteiger partial charge in [0.25, 0.3) is 0 Å². The van der Waals surface area contributed by atoms with E-state index in [2.05, 4.69) is 74.5 Å². The van der Waals surface area contributed by atoms with Crippen molar-refractivity contribution < 1.29 is 19.0 Å². The van der Waals surface area contributed by atoms with Crippen molar-refractivity contribution in [2.75, 3.05) is 31.6 Å². The molecule has 2 bridgehead atoms. The molecule has 2 fully saturated rings. The maximum absolute atomic E-state index is 13.3. The van der Waals surface area contributed by atoms with Gasteiger partial charge in [0.2, 0.25) is 0 Å². The Morgan fingerprint density at radius 2 is 1.47 bits per heavy atom. The Kier molecular flexibility index (Phi) is 11.8. The molecule has 2 aliphatic heterocycles. The minimum absolute atomic E-state index is 0.125. The van der Waals surface area contributed by atoms with Gasteiger partial charge in [-0.05, 0) is 64.6 Å². The van der Waals surface area contributed by atoms with E-state index in [0.717, 1.165) is 77.3 Å². The number of carbonyl (C=O) groups excluding carboxylic acids is 1. The number of rotatable bonds is 14. The molecule has 3 atom stereocenters. The lowest BCUT2D eigenvalue weighted by Gasteiger charge is -2.39. The second-order valence-electron chi connectivity index (χ2n) is 18.3. The molecule has 0 radical (unpaired) electrons. The van der Waals surface area contributed by atoms with Crippen LogP contribution < -0.4 is 4.90 Å². The Balaban J connectivity index is 1.36. The van der Waals surface area contributed by atoms with Crippen LogP contribution in [0.15, 0.2) is 60.9 Å². The summed E-state index contributed by atoms with van der Waals surface area (Å²) in [5, 5.41) is 4.95. The number of fused-ring (bicyclic) bond motifs is 3. The summed E-state index contributed by atoms with van der Waals surface area (Å²) in [6, 6.07) is 19.0. The summed E-state index contributed by atoms with van der Waals surface area (Å²) in [4.78, 5) is 27.7. The van der Waals surface area contributed by atoms with Gasteiger partial charge in [0.15, 0.2) is 5.65 Å². The van der Waals surface area contributed by atoms with Crippen LogP contribution in [-0.2, 0) is 14.2 Å². The van der Waals surface area contributed by atoms with Crippen LogP contribution in [-0.4, -0.2) is 91.1 Å². The SMILES string of the molecule is CC(C)(C)OC(=O)N1C2CC[C@@H]1CC(c1cc(N(COCC[Si](C)(C)C)COCC[Si](C)(C)C)n3ncc(-c4ccc(-c5ccccc5)nc4)c3n1)C2. The van der Waals surface area contributed by atoms with Gasteiger partial charge in [-0.25, -0.2) is 9.78 Å². The Morgan fingerprint density at radius 1 is 0.849 bits per heavy atom. The molecule has 53 heavy (non-hydrogen) atoms. The summed E-state index contributed by atoms with van der Waals surface area (Å²) in [6.07, 6.45) is 7.27. The quantitative estimate of drug-likeness (QED) is 0.0714. The summed E-state index contributed by atoms with van der Waals surface area (Å²) >= 11 is 0. The van der Waals surface area contributed by atoms with Gasteiger partial charge in [0.1, 0.15) is 24.9 Å². The molecule has 2 unspecified atom stereocenters. The maximum Gasteiger partial charge on any atom is 0.410 e. The number of nitrogens with zero attached hydrogens (tertiary/aromatic N) is 6. The summed E-state index contributed by atoms with van der Waals surface area (Å²) in [7, 11) is -2.54. The second-order valence-corrected chi connectivity index (χ2v) is 29.6. The van der Waals surface area contributed by atoms with Crippen molar-refractivity contribution in [2.24, 2.45) is 0 Å². The third-order valence-electron chi connectivity index (χ3n) is 10.2. The van der Waals surface area contributed by atoms with Gasteiger partial charge in [-0.15, -0.1) is 0 Å². The normalized spacial score (nSPS) is 19.2. The van der Waals surface area contributed by atoms with Gasteiger partial charge < -0.3 is 24.0 Å². The number of carbonyl (C=O) groups is 1. The van der Waals surface area contributed by atoms with E-state index >= 15 is 0 Å². The van der Waals surface area contributed by atoms with E-state index in [9.17, 15) is 4.79 Å². The smallest absolute Gasteiger partial charge is 0.410 e. The first kappa shape index (κ1) is 39.1. The zero-order chi connectivity index (χ0) is 38.0. The molecule has 5 heterocycles. The highest BCUT2D eigenvalue weighted by molar-refractivity contribution is 6.76. The summed E-state index contributed by atoms with van der Waals surface area (Å²) < 4.78 is 20.6. The van der Waals surface area contributed by atoms with Crippen molar-refractivity contribution in [2.45, 2.75) is 121 Å². The average molecular weight is 757 g/mol. The van der Waals surface area contributed by atoms with Crippen molar-refractivity contribution in [3.63, 3.8) is 0 Å². The van der Waals surface area contributed by atoms with E-state index in [1.165, 1.54) is 0 Å². The predicted molar refractivity (Wildman–Crippen MR) is 219 cm³/mol. The number of ether oxygens (including phenoxy) is 3. The fourth-order valence-electron chi connectivity index (χ4n) is 7.24. The van der Waals surface area contributed by atoms with E-state index < -0.39 is 21.7 Å². The van der Waals surface area contributed by atoms with Crippen molar-refractivity contribution in [1.82, 2.24) is 24.5 Å². The molecule has 2 aliphatic rings. The summed E-state index contributed by atoms with van der Waals surface area (Å²) in [6.45, 7) is 22.2. The number of aromatic nitrogens is 4. The monoisotopic (exact) mass is 756 g/mol.